The number of carbonyl (C=O) groups excluding carboxylic acids is 1. The number of rotatable bonds is 4. The standard InChI is InChI=1S/C16H18BrN3O4/c1-16-5-3-2-4-11(16)13(16)15(22)19-18-8-9-6-10(17)7-12(14(9)21)20(23)24/h6-8,11,13,21H,2-5H2,1H3,(H,19,22)/b18-8-/t11-,13-,16-/m0/s1. The smallest absolute Gasteiger partial charge is 0.312 e. The lowest BCUT2D eigenvalue weighted by Gasteiger charge is -2.15. The quantitative estimate of drug-likeness (QED) is 0.463. The number of phenols is 1. The van der Waals surface area contributed by atoms with Crippen molar-refractivity contribution in [1.82, 2.24) is 5.43 Å². The third kappa shape index (κ3) is 2.90. The molecule has 2 N–H and O–H groups in total. The molecule has 2 saturated carbocycles. The minimum Gasteiger partial charge on any atom is -0.502 e. The molecule has 3 rings (SSSR count). The Hall–Kier alpha value is -1.96. The Morgan fingerprint density at radius 2 is 2.29 bits per heavy atom. The topological polar surface area (TPSA) is 105 Å². The van der Waals surface area contributed by atoms with Crippen LogP contribution in [0, 0.1) is 27.4 Å². The largest absolute Gasteiger partial charge is 0.502 e. The molecule has 24 heavy (non-hydrogen) atoms. The van der Waals surface area contributed by atoms with Gasteiger partial charge in [-0.3, -0.25) is 14.9 Å². The number of hydrogen-bond donors (Lipinski definition) is 2. The Morgan fingerprint density at radius 1 is 1.54 bits per heavy atom. The fourth-order valence-electron chi connectivity index (χ4n) is 3.93. The average Bonchev–Trinajstić information content (AvgIpc) is 3.15. The van der Waals surface area contributed by atoms with Gasteiger partial charge in [0.15, 0.2) is 0 Å². The molecule has 3 atom stereocenters. The second-order valence-corrected chi connectivity index (χ2v) is 7.61. The fourth-order valence-corrected chi connectivity index (χ4v) is 4.39. The molecule has 8 heteroatoms. The van der Waals surface area contributed by atoms with Crippen LogP contribution in [0.15, 0.2) is 21.7 Å². The summed E-state index contributed by atoms with van der Waals surface area (Å²) in [6, 6.07) is 2.71. The summed E-state index contributed by atoms with van der Waals surface area (Å²) in [6.45, 7) is 2.15. The van der Waals surface area contributed by atoms with Crippen molar-refractivity contribution >= 4 is 33.7 Å². The summed E-state index contributed by atoms with van der Waals surface area (Å²) in [4.78, 5) is 22.5. The Labute approximate surface area is 147 Å². The summed E-state index contributed by atoms with van der Waals surface area (Å²) >= 11 is 3.15. The molecule has 1 aromatic rings. The normalized spacial score (nSPS) is 28.4. The molecule has 0 aliphatic heterocycles. The molecule has 1 aromatic carbocycles. The van der Waals surface area contributed by atoms with E-state index in [1.54, 1.807) is 0 Å². The van der Waals surface area contributed by atoms with Gasteiger partial charge >= 0.3 is 5.69 Å². The van der Waals surface area contributed by atoms with Crippen LogP contribution >= 0.6 is 15.9 Å². The van der Waals surface area contributed by atoms with Crippen molar-refractivity contribution in [2.45, 2.75) is 32.6 Å². The van der Waals surface area contributed by atoms with E-state index < -0.39 is 16.4 Å². The van der Waals surface area contributed by atoms with Gasteiger partial charge in [-0.25, -0.2) is 5.43 Å². The van der Waals surface area contributed by atoms with Crippen molar-refractivity contribution in [3.8, 4) is 5.75 Å². The number of hydrazone groups is 1. The molecule has 7 nitrogen and oxygen atoms in total. The highest BCUT2D eigenvalue weighted by molar-refractivity contribution is 9.10. The highest BCUT2D eigenvalue weighted by Gasteiger charge is 2.64. The maximum atomic E-state index is 12.3. The number of nitro benzene ring substituents is 1. The monoisotopic (exact) mass is 395 g/mol. The van der Waals surface area contributed by atoms with E-state index in [1.807, 2.05) is 0 Å². The van der Waals surface area contributed by atoms with Gasteiger partial charge in [-0.2, -0.15) is 5.10 Å². The fraction of sp³-hybridized carbons (Fsp3) is 0.500. The first kappa shape index (κ1) is 16.9. The molecule has 0 radical (unpaired) electrons. The van der Waals surface area contributed by atoms with Crippen LogP contribution in [-0.4, -0.2) is 22.2 Å². The minimum atomic E-state index is -0.675. The number of nitrogens with one attached hydrogen (secondary N) is 1. The molecule has 0 spiro atoms. The van der Waals surface area contributed by atoms with E-state index in [0.29, 0.717) is 10.4 Å². The van der Waals surface area contributed by atoms with Gasteiger partial charge < -0.3 is 5.11 Å². The van der Waals surface area contributed by atoms with Gasteiger partial charge in [0, 0.05) is 22.0 Å². The van der Waals surface area contributed by atoms with Crippen LogP contribution in [0.5, 0.6) is 5.75 Å². The lowest BCUT2D eigenvalue weighted by atomic mass is 9.90. The first-order valence-electron chi connectivity index (χ1n) is 7.84. The summed E-state index contributed by atoms with van der Waals surface area (Å²) < 4.78 is 0.445. The van der Waals surface area contributed by atoms with E-state index in [1.165, 1.54) is 24.8 Å². The van der Waals surface area contributed by atoms with Crippen molar-refractivity contribution in [2.75, 3.05) is 0 Å². The number of carbonyl (C=O) groups is 1. The Kier molecular flexibility index (Phi) is 4.33. The molecule has 2 fully saturated rings. The first-order valence-corrected chi connectivity index (χ1v) is 8.63. The van der Waals surface area contributed by atoms with Gasteiger partial charge in [-0.15, -0.1) is 0 Å². The van der Waals surface area contributed by atoms with Crippen molar-refractivity contribution < 1.29 is 14.8 Å². The van der Waals surface area contributed by atoms with E-state index in [2.05, 4.69) is 33.4 Å². The van der Waals surface area contributed by atoms with Gasteiger partial charge in [-0.1, -0.05) is 35.7 Å². The molecule has 128 valence electrons. The van der Waals surface area contributed by atoms with Gasteiger partial charge in [-0.05, 0) is 30.2 Å². The van der Waals surface area contributed by atoms with Crippen LogP contribution < -0.4 is 5.43 Å². The molecular formula is C16H18BrN3O4. The van der Waals surface area contributed by atoms with Crippen LogP contribution in [0.25, 0.3) is 0 Å². The number of benzene rings is 1. The second-order valence-electron chi connectivity index (χ2n) is 6.69. The Morgan fingerprint density at radius 3 is 2.92 bits per heavy atom. The Bertz CT molecular complexity index is 736. The van der Waals surface area contributed by atoms with Crippen LogP contribution in [0.2, 0.25) is 0 Å². The lowest BCUT2D eigenvalue weighted by molar-refractivity contribution is -0.385. The maximum absolute atomic E-state index is 12.3. The number of fused-ring (bicyclic) bond motifs is 1. The van der Waals surface area contributed by atoms with E-state index in [9.17, 15) is 20.0 Å². The van der Waals surface area contributed by atoms with E-state index in [0.717, 1.165) is 19.3 Å². The lowest BCUT2D eigenvalue weighted by Crippen LogP contribution is -2.22. The zero-order valence-corrected chi connectivity index (χ0v) is 14.7. The maximum Gasteiger partial charge on any atom is 0.312 e. The number of hydrogen-bond acceptors (Lipinski definition) is 5. The number of halogens is 1. The van der Waals surface area contributed by atoms with Gasteiger partial charge in [0.25, 0.3) is 0 Å². The van der Waals surface area contributed by atoms with Crippen LogP contribution in [0.1, 0.15) is 38.2 Å². The zero-order chi connectivity index (χ0) is 17.5. The second kappa shape index (κ2) is 6.16. The zero-order valence-electron chi connectivity index (χ0n) is 13.2. The van der Waals surface area contributed by atoms with E-state index >= 15 is 0 Å². The molecule has 0 bridgehead atoms. The minimum absolute atomic E-state index is 0.0115. The van der Waals surface area contributed by atoms with Crippen LogP contribution in [0.3, 0.4) is 0 Å². The van der Waals surface area contributed by atoms with Crippen molar-refractivity contribution in [3.05, 3.63) is 32.3 Å². The number of nitrogens with zero attached hydrogens (tertiary/aromatic N) is 2. The number of phenolic OH excluding ortho intramolecular Hbond substituents is 1. The highest BCUT2D eigenvalue weighted by Crippen LogP contribution is 2.66. The van der Waals surface area contributed by atoms with Crippen molar-refractivity contribution in [2.24, 2.45) is 22.4 Å². The van der Waals surface area contributed by atoms with Gasteiger partial charge in [0.2, 0.25) is 11.7 Å². The molecule has 0 unspecified atom stereocenters. The summed E-state index contributed by atoms with van der Waals surface area (Å²) in [5.41, 5.74) is 2.34. The molecule has 1 amide bonds. The summed E-state index contributed by atoms with van der Waals surface area (Å²) in [5, 5.41) is 24.7. The van der Waals surface area contributed by atoms with Crippen LogP contribution in [0.4, 0.5) is 5.69 Å². The van der Waals surface area contributed by atoms with E-state index in [4.69, 9.17) is 0 Å². The first-order chi connectivity index (χ1) is 11.3. The molecule has 0 aromatic heterocycles. The van der Waals surface area contributed by atoms with E-state index in [-0.39, 0.29) is 22.8 Å². The third-order valence-corrected chi connectivity index (χ3v) is 5.73. The number of amides is 1. The molecule has 0 saturated heterocycles. The van der Waals surface area contributed by atoms with Crippen molar-refractivity contribution in [1.29, 1.82) is 0 Å². The molecule has 2 aliphatic carbocycles. The summed E-state index contributed by atoms with van der Waals surface area (Å²) in [5.74, 6) is -0.178. The SMILES string of the molecule is C[C@]12CCCC[C@H]1[C@H]2C(=O)N/N=C\c1cc(Br)cc([N+](=O)[O-])c1O. The number of nitro groups is 1. The predicted octanol–water partition coefficient (Wildman–Crippen LogP) is 3.34. The predicted molar refractivity (Wildman–Crippen MR) is 91.8 cm³/mol. The summed E-state index contributed by atoms with van der Waals surface area (Å²) in [7, 11) is 0. The Balaban J connectivity index is 1.69. The van der Waals surface area contributed by atoms with Gasteiger partial charge in [0.05, 0.1) is 11.1 Å². The highest BCUT2D eigenvalue weighted by atomic mass is 79.9. The average molecular weight is 396 g/mol. The number of aromatic hydroxyl groups is 1. The molecule has 2 aliphatic rings. The third-order valence-electron chi connectivity index (χ3n) is 5.27. The van der Waals surface area contributed by atoms with Crippen molar-refractivity contribution in [3.63, 3.8) is 0 Å². The van der Waals surface area contributed by atoms with Crippen LogP contribution in [-0.2, 0) is 4.79 Å². The molecule has 0 heterocycles. The molecular weight excluding hydrogens is 378 g/mol. The van der Waals surface area contributed by atoms with Gasteiger partial charge in [0.1, 0.15) is 0 Å². The summed E-state index contributed by atoms with van der Waals surface area (Å²) in [6.07, 6.45) is 5.70.